The summed E-state index contributed by atoms with van der Waals surface area (Å²) in [5.41, 5.74) is 10.3. The van der Waals surface area contributed by atoms with E-state index >= 15 is 0 Å². The number of pyridine rings is 2. The lowest BCUT2D eigenvalue weighted by Crippen LogP contribution is -2.34. The van der Waals surface area contributed by atoms with Crippen LogP contribution in [-0.2, 0) is 13.1 Å². The summed E-state index contributed by atoms with van der Waals surface area (Å²) in [6.45, 7) is 6.14. The second kappa shape index (κ2) is 8.23. The Kier molecular flexibility index (Phi) is 4.83. The molecule has 37 heavy (non-hydrogen) atoms. The zero-order chi connectivity index (χ0) is 25.1. The number of hydrogen-bond donors (Lipinski definition) is 2. The van der Waals surface area contributed by atoms with Crippen LogP contribution >= 0.6 is 11.3 Å². The maximum atomic E-state index is 6.59. The molecule has 0 atom stereocenters. The molecule has 0 spiro atoms. The minimum Gasteiger partial charge on any atom is -0.437 e. The average molecular weight is 511 g/mol. The summed E-state index contributed by atoms with van der Waals surface area (Å²) in [4.78, 5) is 11.7. The summed E-state index contributed by atoms with van der Waals surface area (Å²) in [6.07, 6.45) is 5.34. The highest BCUT2D eigenvalue weighted by molar-refractivity contribution is 7.14. The Labute approximate surface area is 214 Å². The maximum absolute atomic E-state index is 6.59. The maximum Gasteiger partial charge on any atom is 0.232 e. The van der Waals surface area contributed by atoms with E-state index in [1.807, 2.05) is 49.0 Å². The lowest BCUT2D eigenvalue weighted by atomic mass is 10.1. The molecule has 0 fully saturated rings. The van der Waals surface area contributed by atoms with Crippen molar-refractivity contribution in [2.75, 3.05) is 17.2 Å². The molecule has 7 rings (SSSR count). The van der Waals surface area contributed by atoms with Gasteiger partial charge in [0, 0.05) is 29.9 Å². The first-order valence-electron chi connectivity index (χ1n) is 11.8. The molecule has 12 heteroatoms. The van der Waals surface area contributed by atoms with Crippen molar-refractivity contribution in [3.63, 3.8) is 0 Å². The van der Waals surface area contributed by atoms with Gasteiger partial charge >= 0.3 is 0 Å². The van der Waals surface area contributed by atoms with E-state index in [1.165, 1.54) is 11.3 Å². The molecule has 11 nitrogen and oxygen atoms in total. The molecule has 0 radical (unpaired) electrons. The standard InChI is InChI=1S/C25H22N10OS/c1-13-3-4-19-18(11-28-32-19)22(13)36-24-21-16(17(10-27-23(21)26)25-33-31-14(2)37-25)9-20(30-24)34-7-8-35-15(12-34)5-6-29-35/h3-6,9-11H,7-8,12H2,1-2H3,(H2,26,27)(H,28,32). The normalized spacial score (nSPS) is 13.4. The highest BCUT2D eigenvalue weighted by Crippen LogP contribution is 2.42. The number of anilines is 2. The van der Waals surface area contributed by atoms with Crippen molar-refractivity contribution in [2.45, 2.75) is 26.9 Å². The molecule has 0 unspecified atom stereocenters. The van der Waals surface area contributed by atoms with Crippen molar-refractivity contribution < 1.29 is 4.74 Å². The van der Waals surface area contributed by atoms with E-state index in [0.717, 1.165) is 62.0 Å². The van der Waals surface area contributed by atoms with Gasteiger partial charge in [0.05, 0.1) is 41.3 Å². The number of nitrogen functional groups attached to an aromatic ring is 1. The van der Waals surface area contributed by atoms with Gasteiger partial charge in [0.15, 0.2) is 0 Å². The first-order chi connectivity index (χ1) is 18.0. The molecule has 1 aliphatic heterocycles. The van der Waals surface area contributed by atoms with Gasteiger partial charge in [-0.2, -0.15) is 15.2 Å². The van der Waals surface area contributed by atoms with Gasteiger partial charge in [0.2, 0.25) is 5.88 Å². The lowest BCUT2D eigenvalue weighted by Gasteiger charge is -2.29. The number of nitrogens with zero attached hydrogens (tertiary/aromatic N) is 8. The second-order valence-corrected chi connectivity index (χ2v) is 10.2. The minimum absolute atomic E-state index is 0.336. The Hall–Kier alpha value is -4.58. The third-order valence-corrected chi connectivity index (χ3v) is 7.51. The highest BCUT2D eigenvalue weighted by atomic mass is 32.1. The van der Waals surface area contributed by atoms with E-state index in [1.54, 1.807) is 12.4 Å². The summed E-state index contributed by atoms with van der Waals surface area (Å²) in [7, 11) is 0. The molecular formula is C25H22N10OS. The van der Waals surface area contributed by atoms with Crippen LogP contribution in [0.25, 0.3) is 32.2 Å². The van der Waals surface area contributed by atoms with Gasteiger partial charge in [-0.1, -0.05) is 17.4 Å². The predicted octanol–water partition coefficient (Wildman–Crippen LogP) is 4.23. The van der Waals surface area contributed by atoms with E-state index in [-0.39, 0.29) is 0 Å². The number of aromatic amines is 1. The van der Waals surface area contributed by atoms with Crippen LogP contribution in [-0.4, -0.2) is 46.7 Å². The van der Waals surface area contributed by atoms with Crippen molar-refractivity contribution in [1.29, 1.82) is 0 Å². The van der Waals surface area contributed by atoms with E-state index in [2.05, 4.69) is 35.4 Å². The lowest BCUT2D eigenvalue weighted by molar-refractivity contribution is 0.468. The molecule has 6 aromatic rings. The van der Waals surface area contributed by atoms with Gasteiger partial charge in [0.25, 0.3) is 0 Å². The van der Waals surface area contributed by atoms with Gasteiger partial charge in [-0.3, -0.25) is 9.78 Å². The van der Waals surface area contributed by atoms with Gasteiger partial charge in [-0.25, -0.2) is 4.98 Å². The van der Waals surface area contributed by atoms with Crippen LogP contribution in [0.1, 0.15) is 16.3 Å². The number of nitrogens with two attached hydrogens (primary N) is 1. The van der Waals surface area contributed by atoms with Crippen LogP contribution in [0.3, 0.4) is 0 Å². The zero-order valence-corrected chi connectivity index (χ0v) is 21.0. The number of benzene rings is 1. The van der Waals surface area contributed by atoms with Crippen molar-refractivity contribution in [3.05, 3.63) is 59.1 Å². The number of hydrogen-bond acceptors (Lipinski definition) is 10. The first-order valence-corrected chi connectivity index (χ1v) is 12.6. The fraction of sp³-hybridized carbons (Fsp3) is 0.200. The molecule has 0 bridgehead atoms. The number of H-pyrrole nitrogens is 1. The van der Waals surface area contributed by atoms with Crippen molar-refractivity contribution in [2.24, 2.45) is 0 Å². The van der Waals surface area contributed by atoms with Gasteiger partial charge in [-0.05, 0) is 37.6 Å². The van der Waals surface area contributed by atoms with E-state index in [0.29, 0.717) is 29.4 Å². The number of rotatable bonds is 4. The summed E-state index contributed by atoms with van der Waals surface area (Å²) in [5, 5.41) is 24.2. The third kappa shape index (κ3) is 3.56. The predicted molar refractivity (Wildman–Crippen MR) is 142 cm³/mol. The van der Waals surface area contributed by atoms with Crippen molar-refractivity contribution >= 4 is 44.6 Å². The summed E-state index contributed by atoms with van der Waals surface area (Å²) >= 11 is 1.51. The summed E-state index contributed by atoms with van der Waals surface area (Å²) in [6, 6.07) is 8.05. The average Bonchev–Trinajstić information content (AvgIpc) is 3.66. The summed E-state index contributed by atoms with van der Waals surface area (Å²) in [5.74, 6) is 2.17. The van der Waals surface area contributed by atoms with Crippen molar-refractivity contribution in [3.8, 4) is 22.2 Å². The minimum atomic E-state index is 0.336. The van der Waals surface area contributed by atoms with Crippen LogP contribution < -0.4 is 15.4 Å². The third-order valence-electron chi connectivity index (χ3n) is 6.64. The Morgan fingerprint density at radius 3 is 2.86 bits per heavy atom. The summed E-state index contributed by atoms with van der Waals surface area (Å²) < 4.78 is 8.61. The molecule has 1 aliphatic rings. The van der Waals surface area contributed by atoms with Gasteiger partial charge < -0.3 is 15.4 Å². The monoisotopic (exact) mass is 510 g/mol. The molecule has 184 valence electrons. The Balaban J connectivity index is 1.45. The fourth-order valence-electron chi connectivity index (χ4n) is 4.76. The van der Waals surface area contributed by atoms with Crippen LogP contribution in [0.2, 0.25) is 0 Å². The smallest absolute Gasteiger partial charge is 0.232 e. The molecule has 0 amide bonds. The number of fused-ring (bicyclic) bond motifs is 3. The molecule has 1 aromatic carbocycles. The molecule has 5 aromatic heterocycles. The SMILES string of the molecule is Cc1nnc(-c2cnc(N)c3c(Oc4c(C)ccc5[nH]ncc45)nc(N4CCn5nccc5C4)cc23)s1. The van der Waals surface area contributed by atoms with Gasteiger partial charge in [0.1, 0.15) is 27.4 Å². The number of aromatic nitrogens is 8. The Morgan fingerprint density at radius 1 is 1.08 bits per heavy atom. The quantitative estimate of drug-likeness (QED) is 0.357. The number of aryl methyl sites for hydroxylation is 2. The number of nitrogens with one attached hydrogen (secondary N) is 1. The van der Waals surface area contributed by atoms with Crippen LogP contribution in [0.4, 0.5) is 11.6 Å². The van der Waals surface area contributed by atoms with E-state index < -0.39 is 0 Å². The molecule has 3 N–H and O–H groups in total. The van der Waals surface area contributed by atoms with Crippen LogP contribution in [0.5, 0.6) is 11.6 Å². The largest absolute Gasteiger partial charge is 0.437 e. The van der Waals surface area contributed by atoms with Gasteiger partial charge in [-0.15, -0.1) is 10.2 Å². The highest BCUT2D eigenvalue weighted by Gasteiger charge is 2.24. The van der Waals surface area contributed by atoms with E-state index in [9.17, 15) is 0 Å². The van der Waals surface area contributed by atoms with Crippen LogP contribution in [0, 0.1) is 13.8 Å². The van der Waals surface area contributed by atoms with E-state index in [4.69, 9.17) is 15.5 Å². The fourth-order valence-corrected chi connectivity index (χ4v) is 5.48. The zero-order valence-electron chi connectivity index (χ0n) is 20.1. The molecule has 6 heterocycles. The van der Waals surface area contributed by atoms with Crippen LogP contribution in [0.15, 0.2) is 42.9 Å². The Morgan fingerprint density at radius 2 is 2.00 bits per heavy atom. The van der Waals surface area contributed by atoms with Crippen molar-refractivity contribution in [1.82, 2.24) is 40.1 Å². The number of ether oxygens (including phenoxy) is 1. The first kappa shape index (κ1) is 21.7. The topological polar surface area (TPSA) is 137 Å². The molecule has 0 saturated heterocycles. The Bertz CT molecular complexity index is 1800. The molecule has 0 saturated carbocycles. The molecule has 0 aliphatic carbocycles. The second-order valence-electron chi connectivity index (χ2n) is 9.00. The molecular weight excluding hydrogens is 488 g/mol.